The van der Waals surface area contributed by atoms with E-state index in [9.17, 15) is 0 Å². The summed E-state index contributed by atoms with van der Waals surface area (Å²) in [5.41, 5.74) is 5.97. The molecule has 0 aliphatic carbocycles. The first-order valence-electron chi connectivity index (χ1n) is 5.19. The molecule has 2 fully saturated rings. The Balaban J connectivity index is 2.00. The summed E-state index contributed by atoms with van der Waals surface area (Å²) in [5, 5.41) is 4.26. The van der Waals surface area contributed by atoms with Crippen LogP contribution in [0.3, 0.4) is 0 Å². The van der Waals surface area contributed by atoms with E-state index < -0.39 is 0 Å². The van der Waals surface area contributed by atoms with Gasteiger partial charge in [0, 0.05) is 13.1 Å². The molecule has 0 aromatic carbocycles. The van der Waals surface area contributed by atoms with Crippen molar-refractivity contribution in [2.24, 2.45) is 0 Å². The maximum absolute atomic E-state index is 5.82. The Morgan fingerprint density at radius 3 is 3.07 bits per heavy atom. The third kappa shape index (κ3) is 0.987. The fourth-order valence-corrected chi connectivity index (χ4v) is 2.86. The van der Waals surface area contributed by atoms with E-state index in [1.165, 1.54) is 32.4 Å². The summed E-state index contributed by atoms with van der Waals surface area (Å²) >= 11 is 0. The highest BCUT2D eigenvalue weighted by Gasteiger charge is 2.43. The molecule has 1 aromatic heterocycles. The highest BCUT2D eigenvalue weighted by atomic mass is 15.4. The molecule has 2 bridgehead atoms. The van der Waals surface area contributed by atoms with Gasteiger partial charge >= 0.3 is 0 Å². The molecule has 2 atom stereocenters. The maximum atomic E-state index is 5.82. The quantitative estimate of drug-likeness (QED) is 0.685. The van der Waals surface area contributed by atoms with E-state index in [0.717, 1.165) is 6.54 Å². The number of piperidine rings is 1. The number of hydrogen-bond acceptors (Lipinski definition) is 4. The Morgan fingerprint density at radius 1 is 1.36 bits per heavy atom. The number of anilines is 1. The zero-order chi connectivity index (χ0) is 9.60. The van der Waals surface area contributed by atoms with Crippen molar-refractivity contribution in [3.05, 3.63) is 6.33 Å². The average Bonchev–Trinajstić information content (AvgIpc) is 2.73. The molecule has 14 heavy (non-hydrogen) atoms. The van der Waals surface area contributed by atoms with Crippen LogP contribution in [-0.2, 0) is 5.54 Å². The summed E-state index contributed by atoms with van der Waals surface area (Å²) in [6.07, 6.45) is 5.16. The van der Waals surface area contributed by atoms with Crippen molar-refractivity contribution in [2.45, 2.75) is 24.8 Å². The van der Waals surface area contributed by atoms with E-state index >= 15 is 0 Å². The summed E-state index contributed by atoms with van der Waals surface area (Å²) in [7, 11) is 0. The minimum atomic E-state index is 0.152. The molecule has 5 heteroatoms. The molecule has 0 spiro atoms. The van der Waals surface area contributed by atoms with Crippen molar-refractivity contribution >= 4 is 5.95 Å². The van der Waals surface area contributed by atoms with Crippen molar-refractivity contribution in [3.8, 4) is 0 Å². The fraction of sp³-hybridized carbons (Fsp3) is 0.778. The molecule has 1 aromatic rings. The lowest BCUT2D eigenvalue weighted by atomic mass is 9.91. The van der Waals surface area contributed by atoms with Gasteiger partial charge in [0.2, 0.25) is 5.95 Å². The van der Waals surface area contributed by atoms with Gasteiger partial charge in [-0.2, -0.15) is 5.10 Å². The minimum Gasteiger partial charge on any atom is -0.368 e. The van der Waals surface area contributed by atoms with Gasteiger partial charge in [0.15, 0.2) is 0 Å². The van der Waals surface area contributed by atoms with Gasteiger partial charge in [-0.1, -0.05) is 0 Å². The molecule has 3 rings (SSSR count). The molecular weight excluding hydrogens is 178 g/mol. The van der Waals surface area contributed by atoms with Gasteiger partial charge in [-0.25, -0.2) is 9.67 Å². The van der Waals surface area contributed by atoms with Gasteiger partial charge in [0.1, 0.15) is 6.33 Å². The first kappa shape index (κ1) is 8.23. The Hall–Kier alpha value is -1.10. The van der Waals surface area contributed by atoms with Crippen molar-refractivity contribution in [3.63, 3.8) is 0 Å². The topological polar surface area (TPSA) is 60.0 Å². The summed E-state index contributed by atoms with van der Waals surface area (Å²) in [4.78, 5) is 6.51. The van der Waals surface area contributed by atoms with Crippen molar-refractivity contribution in [1.82, 2.24) is 19.7 Å². The van der Waals surface area contributed by atoms with Crippen LogP contribution in [0.25, 0.3) is 0 Å². The van der Waals surface area contributed by atoms with E-state index in [1.54, 1.807) is 6.33 Å². The average molecular weight is 193 g/mol. The van der Waals surface area contributed by atoms with Crippen LogP contribution in [-0.4, -0.2) is 39.3 Å². The van der Waals surface area contributed by atoms with Crippen LogP contribution in [0, 0.1) is 0 Å². The van der Waals surface area contributed by atoms with Gasteiger partial charge in [-0.15, -0.1) is 0 Å². The largest absolute Gasteiger partial charge is 0.368 e. The monoisotopic (exact) mass is 193 g/mol. The van der Waals surface area contributed by atoms with Crippen LogP contribution in [0.2, 0.25) is 0 Å². The third-order valence-electron chi connectivity index (χ3n) is 3.55. The van der Waals surface area contributed by atoms with Crippen LogP contribution in [0.15, 0.2) is 6.33 Å². The maximum Gasteiger partial charge on any atom is 0.219 e. The molecule has 2 aliphatic heterocycles. The molecular formula is C9H15N5. The van der Waals surface area contributed by atoms with E-state index in [2.05, 4.69) is 15.0 Å². The number of nitrogen functional groups attached to an aromatic ring is 1. The second kappa shape index (κ2) is 2.70. The first-order valence-corrected chi connectivity index (χ1v) is 5.19. The zero-order valence-corrected chi connectivity index (χ0v) is 8.19. The van der Waals surface area contributed by atoms with Gasteiger partial charge < -0.3 is 10.6 Å². The number of fused-ring (bicyclic) bond motifs is 2. The van der Waals surface area contributed by atoms with Gasteiger partial charge in [-0.05, 0) is 25.8 Å². The summed E-state index contributed by atoms with van der Waals surface area (Å²) in [5.74, 6) is 0.564. The van der Waals surface area contributed by atoms with Gasteiger partial charge in [0.25, 0.3) is 0 Å². The van der Waals surface area contributed by atoms with Crippen LogP contribution in [0.1, 0.15) is 19.3 Å². The van der Waals surface area contributed by atoms with Crippen molar-refractivity contribution in [1.29, 1.82) is 0 Å². The Kier molecular flexibility index (Phi) is 1.58. The lowest BCUT2D eigenvalue weighted by molar-refractivity contribution is 0.173. The molecule has 0 amide bonds. The molecule has 3 heterocycles. The second-order valence-electron chi connectivity index (χ2n) is 4.38. The van der Waals surface area contributed by atoms with Crippen LogP contribution < -0.4 is 5.73 Å². The smallest absolute Gasteiger partial charge is 0.219 e. The van der Waals surface area contributed by atoms with E-state index in [0.29, 0.717) is 5.95 Å². The van der Waals surface area contributed by atoms with E-state index in [4.69, 9.17) is 5.73 Å². The molecule has 2 N–H and O–H groups in total. The van der Waals surface area contributed by atoms with Crippen LogP contribution in [0.4, 0.5) is 5.95 Å². The number of hydrogen-bond donors (Lipinski definition) is 1. The highest BCUT2D eigenvalue weighted by Crippen LogP contribution is 2.38. The van der Waals surface area contributed by atoms with Crippen LogP contribution >= 0.6 is 0 Å². The molecule has 0 saturated carbocycles. The Morgan fingerprint density at radius 2 is 2.29 bits per heavy atom. The van der Waals surface area contributed by atoms with Gasteiger partial charge in [0.05, 0.1) is 5.54 Å². The molecule has 2 saturated heterocycles. The number of aromatic nitrogens is 3. The third-order valence-corrected chi connectivity index (χ3v) is 3.55. The summed E-state index contributed by atoms with van der Waals surface area (Å²) in [6, 6.07) is 0. The molecule has 0 radical (unpaired) electrons. The summed E-state index contributed by atoms with van der Waals surface area (Å²) < 4.78 is 1.94. The molecule has 76 valence electrons. The Labute approximate surface area is 82.9 Å². The van der Waals surface area contributed by atoms with E-state index in [1.807, 2.05) is 4.68 Å². The molecule has 5 nitrogen and oxygen atoms in total. The minimum absolute atomic E-state index is 0.152. The van der Waals surface area contributed by atoms with Crippen molar-refractivity contribution in [2.75, 3.05) is 25.4 Å². The lowest BCUT2D eigenvalue weighted by Crippen LogP contribution is -2.42. The van der Waals surface area contributed by atoms with Gasteiger partial charge in [-0.3, -0.25) is 0 Å². The molecule has 2 unspecified atom stereocenters. The number of nitrogens with two attached hydrogens (primary N) is 1. The standard InChI is InChI=1S/C9H15N5/c10-8-11-7-12-14(8)9-2-1-4-13(6-9)5-3-9/h7H,1-6H2,(H2,10,11,12). The van der Waals surface area contributed by atoms with E-state index in [-0.39, 0.29) is 5.54 Å². The molecule has 2 aliphatic rings. The number of nitrogens with zero attached hydrogens (tertiary/aromatic N) is 4. The predicted octanol–water partition coefficient (Wildman–Crippen LogP) is 0.0551. The lowest BCUT2D eigenvalue weighted by Gasteiger charge is -2.34. The first-order chi connectivity index (χ1) is 6.80. The van der Waals surface area contributed by atoms with Crippen LogP contribution in [0.5, 0.6) is 0 Å². The SMILES string of the molecule is Nc1ncnn1C12CCCN(CC1)C2. The Bertz CT molecular complexity index is 343. The van der Waals surface area contributed by atoms with Crippen molar-refractivity contribution < 1.29 is 0 Å². The number of rotatable bonds is 1. The highest BCUT2D eigenvalue weighted by molar-refractivity contribution is 5.18. The summed E-state index contributed by atoms with van der Waals surface area (Å²) in [6.45, 7) is 3.51. The second-order valence-corrected chi connectivity index (χ2v) is 4.38. The predicted molar refractivity (Wildman–Crippen MR) is 52.7 cm³/mol. The zero-order valence-electron chi connectivity index (χ0n) is 8.19. The normalized spacial score (nSPS) is 36.1. The fourth-order valence-electron chi connectivity index (χ4n) is 2.86.